The lowest BCUT2D eigenvalue weighted by atomic mass is 9.95. The highest BCUT2D eigenvalue weighted by Crippen LogP contribution is 2.35. The highest BCUT2D eigenvalue weighted by atomic mass is 19.4. The molecule has 12 heteroatoms. The molecule has 0 bridgehead atoms. The van der Waals surface area contributed by atoms with E-state index < -0.39 is 41.8 Å². The van der Waals surface area contributed by atoms with Crippen LogP contribution in [-0.2, 0) is 22.2 Å². The van der Waals surface area contributed by atoms with Gasteiger partial charge in [0.25, 0.3) is 0 Å². The van der Waals surface area contributed by atoms with Crippen LogP contribution in [-0.4, -0.2) is 18.8 Å². The molecule has 0 saturated carbocycles. The molecule has 6 nitrogen and oxygen atoms in total. The van der Waals surface area contributed by atoms with Crippen molar-refractivity contribution in [1.29, 1.82) is 0 Å². The normalized spacial score (nSPS) is 11.9. The molecular weight excluding hydrogens is 614 g/mol. The molecule has 1 radical (unpaired) electrons. The van der Waals surface area contributed by atoms with Crippen molar-refractivity contribution >= 4 is 23.4 Å². The van der Waals surface area contributed by atoms with E-state index in [0.717, 1.165) is 47.5 Å². The zero-order valence-corrected chi connectivity index (χ0v) is 24.3. The molecule has 4 N–H and O–H groups in total. The van der Waals surface area contributed by atoms with Crippen LogP contribution in [0.15, 0.2) is 84.9 Å². The maximum Gasteiger partial charge on any atom is 0.426 e. The van der Waals surface area contributed by atoms with Crippen molar-refractivity contribution < 1.29 is 45.3 Å². The van der Waals surface area contributed by atoms with Gasteiger partial charge in [-0.25, -0.2) is 9.18 Å². The van der Waals surface area contributed by atoms with Crippen molar-refractivity contribution in [2.45, 2.75) is 31.7 Å². The molecule has 0 unspecified atom stereocenters. The van der Waals surface area contributed by atoms with E-state index in [1.807, 2.05) is 6.07 Å². The molecule has 0 heterocycles. The Bertz CT molecular complexity index is 1710. The number of alkyl halides is 5. The van der Waals surface area contributed by atoms with Gasteiger partial charge in [-0.3, -0.25) is 0 Å². The third-order valence-electron chi connectivity index (χ3n) is 6.59. The van der Waals surface area contributed by atoms with Crippen LogP contribution in [0.25, 0.3) is 17.2 Å². The van der Waals surface area contributed by atoms with E-state index in [1.54, 1.807) is 30.3 Å². The molecule has 46 heavy (non-hydrogen) atoms. The fourth-order valence-corrected chi connectivity index (χ4v) is 4.34. The highest BCUT2D eigenvalue weighted by molar-refractivity contribution is 5.87. The first-order valence-corrected chi connectivity index (χ1v) is 13.8. The summed E-state index contributed by atoms with van der Waals surface area (Å²) in [7, 11) is 0. The van der Waals surface area contributed by atoms with E-state index in [2.05, 4.69) is 11.7 Å². The Morgan fingerprint density at radius 1 is 0.848 bits per heavy atom. The second-order valence-electron chi connectivity index (χ2n) is 10.2. The third kappa shape index (κ3) is 9.43. The number of hydrogen-bond acceptors (Lipinski definition) is 6. The quantitative estimate of drug-likeness (QED) is 0.0529. The summed E-state index contributed by atoms with van der Waals surface area (Å²) in [5.41, 5.74) is 15.5. The summed E-state index contributed by atoms with van der Waals surface area (Å²) < 4.78 is 95.6. The van der Waals surface area contributed by atoms with Crippen LogP contribution in [0.3, 0.4) is 0 Å². The lowest BCUT2D eigenvalue weighted by Crippen LogP contribution is -2.22. The first-order valence-electron chi connectivity index (χ1n) is 13.8. The van der Waals surface area contributed by atoms with Crippen molar-refractivity contribution in [2.24, 2.45) is 0 Å². The first-order chi connectivity index (χ1) is 21.7. The number of carbonyl (C=O) groups is 1. The van der Waals surface area contributed by atoms with Crippen LogP contribution in [0.1, 0.15) is 35.1 Å². The molecule has 0 spiro atoms. The van der Waals surface area contributed by atoms with Crippen LogP contribution in [0.2, 0.25) is 0 Å². The maximum absolute atomic E-state index is 14.8. The number of nitrogens with two attached hydrogens (primary N) is 2. The molecule has 0 amide bonds. The van der Waals surface area contributed by atoms with Crippen LogP contribution in [0, 0.1) is 12.7 Å². The SMILES string of the molecule is [CH2]c1cc(N)ccc1-c1ccc(N)cc1COC(=O)/C=C/c1ccc(C(F)(F)Oc2ccc(OCCCC(F)(F)F)cc2F)cc1. The summed E-state index contributed by atoms with van der Waals surface area (Å²) in [5.74, 6) is -2.80. The fourth-order valence-electron chi connectivity index (χ4n) is 4.34. The number of hydrogen-bond donors (Lipinski definition) is 2. The average Bonchev–Trinajstić information content (AvgIpc) is 2.98. The molecule has 4 aromatic rings. The smallest absolute Gasteiger partial charge is 0.426 e. The molecule has 4 rings (SSSR count). The second kappa shape index (κ2) is 14.3. The van der Waals surface area contributed by atoms with Gasteiger partial charge in [-0.05, 0) is 95.8 Å². The number of halogens is 6. The summed E-state index contributed by atoms with van der Waals surface area (Å²) in [6.07, 6.45) is -7.21. The van der Waals surface area contributed by atoms with E-state index in [-0.39, 0.29) is 25.4 Å². The standard InChI is InChI=1S/C34H29F6N2O4/c1-21-17-25(41)8-11-28(21)29-12-9-26(42)18-23(29)20-45-32(43)14-5-22-3-6-24(7-4-22)34(39,40)46-31-13-10-27(19-30(31)35)44-16-2-15-33(36,37)38/h3-14,17-19H,1-2,15-16,20,41-42H2/b14-5+. The Morgan fingerprint density at radius 3 is 2.17 bits per heavy atom. The van der Waals surface area contributed by atoms with E-state index in [0.29, 0.717) is 28.1 Å². The van der Waals surface area contributed by atoms with E-state index in [1.165, 1.54) is 18.2 Å². The summed E-state index contributed by atoms with van der Waals surface area (Å²) in [5, 5.41) is 0. The number of nitrogen functional groups attached to an aromatic ring is 2. The monoisotopic (exact) mass is 643 g/mol. The minimum atomic E-state index is -4.35. The zero-order valence-electron chi connectivity index (χ0n) is 24.3. The van der Waals surface area contributed by atoms with Crippen LogP contribution >= 0.6 is 0 Å². The van der Waals surface area contributed by atoms with Crippen molar-refractivity contribution in [1.82, 2.24) is 0 Å². The van der Waals surface area contributed by atoms with Gasteiger partial charge < -0.3 is 25.7 Å². The first kappa shape index (κ1) is 33.8. The maximum atomic E-state index is 14.8. The Balaban J connectivity index is 1.34. The largest absolute Gasteiger partial charge is 0.493 e. The number of benzene rings is 4. The number of rotatable bonds is 12. The molecular formula is C34H29F6N2O4. The van der Waals surface area contributed by atoms with Gasteiger partial charge in [0.15, 0.2) is 11.6 Å². The van der Waals surface area contributed by atoms with E-state index >= 15 is 0 Å². The molecule has 0 saturated heterocycles. The number of esters is 1. The number of carbonyl (C=O) groups excluding carboxylic acids is 1. The van der Waals surface area contributed by atoms with Crippen LogP contribution in [0.5, 0.6) is 11.5 Å². The van der Waals surface area contributed by atoms with Gasteiger partial charge >= 0.3 is 18.3 Å². The predicted molar refractivity (Wildman–Crippen MR) is 162 cm³/mol. The van der Waals surface area contributed by atoms with Crippen molar-refractivity contribution in [3.8, 4) is 22.6 Å². The molecule has 0 atom stereocenters. The Hall–Kier alpha value is -5.13. The second-order valence-corrected chi connectivity index (χ2v) is 10.2. The van der Waals surface area contributed by atoms with Crippen LogP contribution in [0.4, 0.5) is 37.7 Å². The average molecular weight is 644 g/mol. The van der Waals surface area contributed by atoms with Gasteiger partial charge in [-0.2, -0.15) is 22.0 Å². The van der Waals surface area contributed by atoms with E-state index in [4.69, 9.17) is 20.9 Å². The zero-order chi connectivity index (χ0) is 33.5. The lowest BCUT2D eigenvalue weighted by Gasteiger charge is -2.19. The van der Waals surface area contributed by atoms with Crippen molar-refractivity contribution in [3.05, 3.63) is 120 Å². The summed E-state index contributed by atoms with van der Waals surface area (Å²) in [6, 6.07) is 17.9. The predicted octanol–water partition coefficient (Wildman–Crippen LogP) is 8.45. The van der Waals surface area contributed by atoms with Crippen LogP contribution < -0.4 is 20.9 Å². The Morgan fingerprint density at radius 2 is 1.52 bits per heavy atom. The number of ether oxygens (including phenoxy) is 3. The summed E-state index contributed by atoms with van der Waals surface area (Å²) >= 11 is 0. The van der Waals surface area contributed by atoms with Gasteiger partial charge in [-0.15, -0.1) is 0 Å². The topological polar surface area (TPSA) is 96.8 Å². The molecule has 0 aromatic heterocycles. The Kier molecular flexibility index (Phi) is 10.5. The van der Waals surface area contributed by atoms with Crippen molar-refractivity contribution in [2.75, 3.05) is 18.1 Å². The molecule has 0 aliphatic heterocycles. The van der Waals surface area contributed by atoms with Gasteiger partial charge in [-0.1, -0.05) is 24.3 Å². The Labute approximate surface area is 261 Å². The summed E-state index contributed by atoms with van der Waals surface area (Å²) in [4.78, 5) is 12.4. The molecule has 241 valence electrons. The third-order valence-corrected chi connectivity index (χ3v) is 6.59. The summed E-state index contributed by atoms with van der Waals surface area (Å²) in [6.45, 7) is 3.58. The fraction of sp³-hybridized carbons (Fsp3) is 0.176. The lowest BCUT2D eigenvalue weighted by molar-refractivity contribution is -0.187. The molecule has 0 fully saturated rings. The van der Waals surface area contributed by atoms with Gasteiger partial charge in [0, 0.05) is 29.9 Å². The van der Waals surface area contributed by atoms with E-state index in [9.17, 15) is 31.1 Å². The minimum absolute atomic E-state index is 0.0996. The van der Waals surface area contributed by atoms with Crippen molar-refractivity contribution in [3.63, 3.8) is 0 Å². The van der Waals surface area contributed by atoms with Gasteiger partial charge in [0.1, 0.15) is 12.4 Å². The van der Waals surface area contributed by atoms with Gasteiger partial charge in [0.2, 0.25) is 0 Å². The molecule has 0 aliphatic rings. The highest BCUT2D eigenvalue weighted by Gasteiger charge is 2.35. The minimum Gasteiger partial charge on any atom is -0.493 e. The molecule has 4 aromatic carbocycles. The van der Waals surface area contributed by atoms with Gasteiger partial charge in [0.05, 0.1) is 12.2 Å². The molecule has 0 aliphatic carbocycles. The number of anilines is 2.